The van der Waals surface area contributed by atoms with Crippen LogP contribution >= 0.6 is 0 Å². The first-order valence-corrected chi connectivity index (χ1v) is 18.7. The largest absolute Gasteiger partial charge is 0.449 e. The number of hydrogen-bond acceptors (Lipinski definition) is 8. The number of alkyl carbamates (subject to hydrolysis) is 1. The Kier molecular flexibility index (Phi) is 17.4. The summed E-state index contributed by atoms with van der Waals surface area (Å²) in [6.45, 7) is 15.1. The van der Waals surface area contributed by atoms with Crippen LogP contribution in [0.25, 0.3) is 0 Å². The molecule has 296 valence electrons. The summed E-state index contributed by atoms with van der Waals surface area (Å²) in [6.07, 6.45) is 1.82. The normalized spacial score (nSPS) is 17.4. The Balaban J connectivity index is 2.26. The van der Waals surface area contributed by atoms with Crippen LogP contribution in [0.5, 0.6) is 0 Å². The Morgan fingerprint density at radius 1 is 0.925 bits per heavy atom. The Morgan fingerprint density at radius 3 is 2.11 bits per heavy atom. The Morgan fingerprint density at radius 2 is 1.57 bits per heavy atom. The molecule has 2 unspecified atom stereocenters. The second kappa shape index (κ2) is 20.7. The number of likely N-dealkylation sites (N-methyl/N-ethyl adjacent to an activating group) is 1. The SMILES string of the molecule is CCCCC(NC(=O)C1[C@@H](CC(C)C)CCN1C(=O)[C@@H](NC(=O)OCC(C)C)C(C)(C)C)C(=O)C(=O)NCC(=O)N[C@H](C(=O)N(C)C)c1ccccc1. The standard InChI is InChI=1S/C39H62N6O8/c1-11-12-18-28(32(47)35(49)40-22-29(46)42-30(36(50)44(9)10)26-16-14-13-15-17-26)41-34(48)31-27(21-24(2)3)19-20-45(31)37(51)33(39(6,7)8)43-38(52)53-23-25(4)5/h13-17,24-25,27-28,30-31,33H,11-12,18-23H2,1-10H3,(H,40,49)(H,41,48)(H,42,46)(H,43,52)/t27-,28?,30+,31?,33-/m1/s1. The highest BCUT2D eigenvalue weighted by Crippen LogP contribution is 2.33. The van der Waals surface area contributed by atoms with Crippen LogP contribution in [0.3, 0.4) is 0 Å². The summed E-state index contributed by atoms with van der Waals surface area (Å²) in [7, 11) is 3.12. The summed E-state index contributed by atoms with van der Waals surface area (Å²) in [6, 6.07) is 4.48. The van der Waals surface area contributed by atoms with E-state index in [-0.39, 0.29) is 43.2 Å². The van der Waals surface area contributed by atoms with Gasteiger partial charge in [-0.2, -0.15) is 0 Å². The van der Waals surface area contributed by atoms with E-state index in [0.717, 1.165) is 0 Å². The molecular formula is C39H62N6O8. The van der Waals surface area contributed by atoms with Crippen LogP contribution in [-0.2, 0) is 33.5 Å². The molecule has 1 heterocycles. The number of ether oxygens (including phenoxy) is 1. The zero-order chi connectivity index (χ0) is 40.0. The van der Waals surface area contributed by atoms with Crippen LogP contribution in [0.15, 0.2) is 30.3 Å². The second-order valence-electron chi connectivity index (χ2n) is 16.0. The molecular weight excluding hydrogens is 680 g/mol. The lowest BCUT2D eigenvalue weighted by Crippen LogP contribution is -2.60. The van der Waals surface area contributed by atoms with Gasteiger partial charge in [0.05, 0.1) is 19.2 Å². The van der Waals surface area contributed by atoms with Crippen LogP contribution in [0.4, 0.5) is 4.79 Å². The molecule has 0 aliphatic carbocycles. The summed E-state index contributed by atoms with van der Waals surface area (Å²) in [5.41, 5.74) is -0.175. The van der Waals surface area contributed by atoms with Gasteiger partial charge in [0.25, 0.3) is 5.91 Å². The van der Waals surface area contributed by atoms with Crippen molar-refractivity contribution < 1.29 is 38.3 Å². The van der Waals surface area contributed by atoms with Gasteiger partial charge < -0.3 is 35.8 Å². The summed E-state index contributed by atoms with van der Waals surface area (Å²) < 4.78 is 5.30. The van der Waals surface area contributed by atoms with Crippen molar-refractivity contribution in [3.05, 3.63) is 35.9 Å². The number of likely N-dealkylation sites (tertiary alicyclic amines) is 1. The van der Waals surface area contributed by atoms with E-state index >= 15 is 0 Å². The van der Waals surface area contributed by atoms with Crippen molar-refractivity contribution >= 4 is 41.4 Å². The van der Waals surface area contributed by atoms with Crippen molar-refractivity contribution in [1.82, 2.24) is 31.1 Å². The molecule has 1 fully saturated rings. The van der Waals surface area contributed by atoms with Crippen molar-refractivity contribution in [3.63, 3.8) is 0 Å². The Hall–Kier alpha value is -4.49. The second-order valence-corrected chi connectivity index (χ2v) is 16.0. The minimum atomic E-state index is -1.21. The molecule has 1 aromatic rings. The van der Waals surface area contributed by atoms with E-state index in [1.807, 2.05) is 55.4 Å². The van der Waals surface area contributed by atoms with Gasteiger partial charge in [-0.3, -0.25) is 28.8 Å². The molecule has 1 saturated heterocycles. The lowest BCUT2D eigenvalue weighted by Gasteiger charge is -2.36. The van der Waals surface area contributed by atoms with Gasteiger partial charge in [-0.15, -0.1) is 0 Å². The summed E-state index contributed by atoms with van der Waals surface area (Å²) >= 11 is 0. The highest BCUT2D eigenvalue weighted by atomic mass is 16.5. The minimum Gasteiger partial charge on any atom is -0.449 e. The number of amides is 6. The molecule has 2 rings (SSSR count). The van der Waals surface area contributed by atoms with Gasteiger partial charge in [0.1, 0.15) is 18.1 Å². The van der Waals surface area contributed by atoms with Gasteiger partial charge >= 0.3 is 6.09 Å². The Bertz CT molecular complexity index is 1420. The lowest BCUT2D eigenvalue weighted by molar-refractivity contribution is -0.145. The smallest absolute Gasteiger partial charge is 0.407 e. The highest BCUT2D eigenvalue weighted by molar-refractivity contribution is 6.38. The quantitative estimate of drug-likeness (QED) is 0.165. The molecule has 0 spiro atoms. The van der Waals surface area contributed by atoms with E-state index in [2.05, 4.69) is 21.3 Å². The van der Waals surface area contributed by atoms with Gasteiger partial charge in [-0.1, -0.05) is 98.6 Å². The zero-order valence-corrected chi connectivity index (χ0v) is 33.2. The number of ketones is 1. The molecule has 14 nitrogen and oxygen atoms in total. The van der Waals surface area contributed by atoms with Crippen molar-refractivity contribution in [2.45, 2.75) is 112 Å². The maximum Gasteiger partial charge on any atom is 0.407 e. The molecule has 5 atom stereocenters. The molecule has 1 aliphatic heterocycles. The summed E-state index contributed by atoms with van der Waals surface area (Å²) in [4.78, 5) is 96.3. The van der Waals surface area contributed by atoms with Gasteiger partial charge in [-0.25, -0.2) is 4.79 Å². The third-order valence-electron chi connectivity index (χ3n) is 9.01. The average molecular weight is 743 g/mol. The first kappa shape index (κ1) is 44.7. The molecule has 0 bridgehead atoms. The first-order chi connectivity index (χ1) is 24.8. The number of hydrogen-bond donors (Lipinski definition) is 4. The van der Waals surface area contributed by atoms with E-state index < -0.39 is 71.6 Å². The molecule has 53 heavy (non-hydrogen) atoms. The van der Waals surface area contributed by atoms with Gasteiger partial charge in [0.2, 0.25) is 29.4 Å². The minimum absolute atomic E-state index is 0.0985. The third kappa shape index (κ3) is 13.8. The molecule has 0 aromatic heterocycles. The van der Waals surface area contributed by atoms with Gasteiger partial charge in [-0.05, 0) is 48.0 Å². The van der Waals surface area contributed by atoms with E-state index in [4.69, 9.17) is 4.74 Å². The summed E-state index contributed by atoms with van der Waals surface area (Å²) in [5, 5.41) is 10.5. The third-order valence-corrected chi connectivity index (χ3v) is 9.01. The van der Waals surface area contributed by atoms with Crippen LogP contribution in [0.1, 0.15) is 99.1 Å². The highest BCUT2D eigenvalue weighted by Gasteiger charge is 2.47. The van der Waals surface area contributed by atoms with Crippen molar-refractivity contribution in [3.8, 4) is 0 Å². The van der Waals surface area contributed by atoms with Crippen molar-refractivity contribution in [2.75, 3.05) is 33.8 Å². The van der Waals surface area contributed by atoms with Crippen LogP contribution < -0.4 is 21.3 Å². The lowest BCUT2D eigenvalue weighted by atomic mass is 9.85. The van der Waals surface area contributed by atoms with Gasteiger partial charge in [0.15, 0.2) is 0 Å². The monoisotopic (exact) mass is 742 g/mol. The van der Waals surface area contributed by atoms with Gasteiger partial charge in [0, 0.05) is 20.6 Å². The van der Waals surface area contributed by atoms with Crippen molar-refractivity contribution in [2.24, 2.45) is 23.2 Å². The van der Waals surface area contributed by atoms with E-state index in [0.29, 0.717) is 31.2 Å². The number of carbonyl (C=O) groups excluding carboxylic acids is 7. The topological polar surface area (TPSA) is 183 Å². The number of rotatable bonds is 18. The summed E-state index contributed by atoms with van der Waals surface area (Å²) in [5.74, 6) is -3.98. The zero-order valence-electron chi connectivity index (χ0n) is 33.2. The predicted molar refractivity (Wildman–Crippen MR) is 201 cm³/mol. The molecule has 4 N–H and O–H groups in total. The van der Waals surface area contributed by atoms with E-state index in [1.165, 1.54) is 9.80 Å². The molecule has 1 aromatic carbocycles. The number of unbranched alkanes of at least 4 members (excludes halogenated alkanes) is 1. The van der Waals surface area contributed by atoms with Crippen LogP contribution in [0, 0.1) is 23.2 Å². The fourth-order valence-electron chi connectivity index (χ4n) is 6.27. The molecule has 6 amide bonds. The van der Waals surface area contributed by atoms with Crippen LogP contribution in [-0.4, -0.2) is 103 Å². The number of benzene rings is 1. The fraction of sp³-hybridized carbons (Fsp3) is 0.667. The number of carbonyl (C=O) groups is 7. The molecule has 14 heteroatoms. The Labute approximate surface area is 314 Å². The maximum atomic E-state index is 14.2. The van der Waals surface area contributed by atoms with Crippen LogP contribution in [0.2, 0.25) is 0 Å². The number of nitrogens with one attached hydrogen (secondary N) is 4. The fourth-order valence-corrected chi connectivity index (χ4v) is 6.27. The average Bonchev–Trinajstić information content (AvgIpc) is 3.51. The van der Waals surface area contributed by atoms with Crippen molar-refractivity contribution in [1.29, 1.82) is 0 Å². The van der Waals surface area contributed by atoms with E-state index in [9.17, 15) is 33.6 Å². The maximum absolute atomic E-state index is 14.2. The molecule has 1 aliphatic rings. The predicted octanol–water partition coefficient (Wildman–Crippen LogP) is 3.35. The molecule has 0 radical (unpaired) electrons. The first-order valence-electron chi connectivity index (χ1n) is 18.7. The number of nitrogens with zero attached hydrogens (tertiary/aromatic N) is 2. The molecule has 0 saturated carbocycles. The van der Waals surface area contributed by atoms with E-state index in [1.54, 1.807) is 44.4 Å². The number of Topliss-reactive ketones (excluding diaryl/α,β-unsaturated/α-hetero) is 1.